The molecule has 0 unspecified atom stereocenters. The molecule has 0 aliphatic heterocycles. The lowest BCUT2D eigenvalue weighted by Gasteiger charge is -2.10. The molecule has 0 fully saturated rings. The van der Waals surface area contributed by atoms with E-state index in [9.17, 15) is 26.4 Å². The van der Waals surface area contributed by atoms with E-state index in [1.54, 1.807) is 5.32 Å². The SMILES string of the molecule is O=C(Nc1ccc(NS(=O)(=O)c2ccc(Cl)nc2)cc1)C(F)(F)F. The van der Waals surface area contributed by atoms with Gasteiger partial charge in [0, 0.05) is 17.6 Å². The van der Waals surface area contributed by atoms with E-state index in [2.05, 4.69) is 9.71 Å². The molecule has 6 nitrogen and oxygen atoms in total. The molecule has 0 radical (unpaired) electrons. The second kappa shape index (κ2) is 6.65. The lowest BCUT2D eigenvalue weighted by atomic mass is 10.3. The Kier molecular flexibility index (Phi) is 4.99. The van der Waals surface area contributed by atoms with Crippen molar-refractivity contribution in [1.29, 1.82) is 0 Å². The first-order chi connectivity index (χ1) is 11.1. The minimum atomic E-state index is -5.01. The van der Waals surface area contributed by atoms with Crippen LogP contribution in [0, 0.1) is 0 Å². The van der Waals surface area contributed by atoms with E-state index in [1.165, 1.54) is 24.3 Å². The number of carbonyl (C=O) groups excluding carboxylic acids is 1. The second-order valence-electron chi connectivity index (χ2n) is 4.45. The van der Waals surface area contributed by atoms with Crippen LogP contribution < -0.4 is 10.0 Å². The summed E-state index contributed by atoms with van der Waals surface area (Å²) in [6, 6.07) is 7.20. The highest BCUT2D eigenvalue weighted by Gasteiger charge is 2.38. The van der Waals surface area contributed by atoms with Gasteiger partial charge in [-0.1, -0.05) is 11.6 Å². The summed E-state index contributed by atoms with van der Waals surface area (Å²) in [7, 11) is -3.93. The van der Waals surface area contributed by atoms with E-state index in [4.69, 9.17) is 11.6 Å². The number of rotatable bonds is 4. The molecule has 0 spiro atoms. The Hall–Kier alpha value is -2.33. The van der Waals surface area contributed by atoms with Crippen molar-refractivity contribution in [2.75, 3.05) is 10.0 Å². The van der Waals surface area contributed by atoms with E-state index in [-0.39, 0.29) is 21.4 Å². The molecule has 1 aromatic carbocycles. The Morgan fingerprint density at radius 3 is 2.12 bits per heavy atom. The van der Waals surface area contributed by atoms with Crippen LogP contribution in [-0.2, 0) is 14.8 Å². The van der Waals surface area contributed by atoms with E-state index < -0.39 is 22.1 Å². The molecule has 2 N–H and O–H groups in total. The number of nitrogens with zero attached hydrogens (tertiary/aromatic N) is 1. The normalized spacial score (nSPS) is 11.8. The number of alkyl halides is 3. The summed E-state index contributed by atoms with van der Waals surface area (Å²) in [4.78, 5) is 14.3. The number of benzene rings is 1. The summed E-state index contributed by atoms with van der Waals surface area (Å²) in [5.41, 5.74) is -0.0385. The summed E-state index contributed by atoms with van der Waals surface area (Å²) < 4.78 is 62.8. The van der Waals surface area contributed by atoms with Gasteiger partial charge in [0.1, 0.15) is 10.0 Å². The number of carbonyl (C=O) groups is 1. The number of hydrogen-bond acceptors (Lipinski definition) is 4. The molecule has 24 heavy (non-hydrogen) atoms. The van der Waals surface area contributed by atoms with Crippen molar-refractivity contribution in [3.05, 3.63) is 47.7 Å². The smallest absolute Gasteiger partial charge is 0.318 e. The number of anilines is 2. The molecule has 0 saturated carbocycles. The summed E-state index contributed by atoms with van der Waals surface area (Å²) in [5.74, 6) is -2.12. The van der Waals surface area contributed by atoms with Crippen molar-refractivity contribution < 1.29 is 26.4 Å². The van der Waals surface area contributed by atoms with Gasteiger partial charge in [-0.3, -0.25) is 9.52 Å². The van der Waals surface area contributed by atoms with Crippen LogP contribution in [0.25, 0.3) is 0 Å². The zero-order chi connectivity index (χ0) is 18.0. The Balaban J connectivity index is 2.11. The van der Waals surface area contributed by atoms with Crippen molar-refractivity contribution in [3.63, 3.8) is 0 Å². The average molecular weight is 380 g/mol. The molecule has 1 amide bonds. The minimum Gasteiger partial charge on any atom is -0.318 e. The molecule has 2 rings (SSSR count). The number of hydrogen-bond donors (Lipinski definition) is 2. The third-order valence-corrected chi connectivity index (χ3v) is 4.25. The van der Waals surface area contributed by atoms with Crippen molar-refractivity contribution in [3.8, 4) is 0 Å². The highest BCUT2D eigenvalue weighted by atomic mass is 35.5. The topological polar surface area (TPSA) is 88.2 Å². The molecular weight excluding hydrogens is 371 g/mol. The van der Waals surface area contributed by atoms with Crippen LogP contribution in [0.4, 0.5) is 24.5 Å². The van der Waals surface area contributed by atoms with Crippen LogP contribution in [0.1, 0.15) is 0 Å². The molecule has 1 aromatic heterocycles. The Labute approximate surface area is 139 Å². The predicted molar refractivity (Wildman–Crippen MR) is 81.2 cm³/mol. The average Bonchev–Trinajstić information content (AvgIpc) is 2.48. The Morgan fingerprint density at radius 2 is 1.62 bits per heavy atom. The fourth-order valence-corrected chi connectivity index (χ4v) is 2.67. The monoisotopic (exact) mass is 379 g/mol. The van der Waals surface area contributed by atoms with Gasteiger partial charge in [-0.25, -0.2) is 13.4 Å². The van der Waals surface area contributed by atoms with Crippen LogP contribution >= 0.6 is 11.6 Å². The zero-order valence-electron chi connectivity index (χ0n) is 11.6. The molecule has 0 atom stereocenters. The van der Waals surface area contributed by atoms with Crippen LogP contribution in [0.15, 0.2) is 47.5 Å². The number of pyridine rings is 1. The molecule has 0 saturated heterocycles. The van der Waals surface area contributed by atoms with Crippen LogP contribution in [0.3, 0.4) is 0 Å². The quantitative estimate of drug-likeness (QED) is 0.799. The summed E-state index contributed by atoms with van der Waals surface area (Å²) >= 11 is 5.57. The van der Waals surface area contributed by atoms with Gasteiger partial charge >= 0.3 is 12.1 Å². The van der Waals surface area contributed by atoms with Gasteiger partial charge in [0.15, 0.2) is 0 Å². The van der Waals surface area contributed by atoms with E-state index >= 15 is 0 Å². The number of sulfonamides is 1. The van der Waals surface area contributed by atoms with Gasteiger partial charge in [0.05, 0.1) is 0 Å². The maximum absolute atomic E-state index is 12.1. The van der Waals surface area contributed by atoms with Crippen molar-refractivity contribution in [2.24, 2.45) is 0 Å². The molecular formula is C13H9ClF3N3O3S. The van der Waals surface area contributed by atoms with Gasteiger partial charge < -0.3 is 5.32 Å². The van der Waals surface area contributed by atoms with Crippen molar-refractivity contribution in [1.82, 2.24) is 4.98 Å². The van der Waals surface area contributed by atoms with E-state index in [1.807, 2.05) is 0 Å². The standard InChI is InChI=1S/C13H9ClF3N3O3S/c14-11-6-5-10(7-18-11)24(22,23)20-9-3-1-8(2-4-9)19-12(21)13(15,16)17/h1-7,20H,(H,19,21). The maximum atomic E-state index is 12.1. The molecule has 0 aliphatic carbocycles. The number of nitrogens with one attached hydrogen (secondary N) is 2. The fraction of sp³-hybridized carbons (Fsp3) is 0.0769. The third-order valence-electron chi connectivity index (χ3n) is 2.66. The van der Waals surface area contributed by atoms with Gasteiger partial charge in [0.2, 0.25) is 0 Å². The number of aromatic nitrogens is 1. The number of halogens is 4. The molecule has 0 aliphatic rings. The van der Waals surface area contributed by atoms with Crippen LogP contribution in [0.5, 0.6) is 0 Å². The first kappa shape index (κ1) is 18.0. The molecule has 2 aromatic rings. The number of amides is 1. The molecule has 128 valence electrons. The van der Waals surface area contributed by atoms with Crippen LogP contribution in [0.2, 0.25) is 5.15 Å². The highest BCUT2D eigenvalue weighted by Crippen LogP contribution is 2.21. The minimum absolute atomic E-state index is 0.0926. The van der Waals surface area contributed by atoms with Gasteiger partial charge in [-0.15, -0.1) is 0 Å². The molecule has 0 bridgehead atoms. The van der Waals surface area contributed by atoms with Gasteiger partial charge in [-0.05, 0) is 36.4 Å². The Morgan fingerprint density at radius 1 is 1.04 bits per heavy atom. The van der Waals surface area contributed by atoms with E-state index in [0.29, 0.717) is 0 Å². The lowest BCUT2D eigenvalue weighted by molar-refractivity contribution is -0.167. The summed E-state index contributed by atoms with van der Waals surface area (Å²) in [6.07, 6.45) is -3.95. The van der Waals surface area contributed by atoms with Gasteiger partial charge in [-0.2, -0.15) is 13.2 Å². The first-order valence-electron chi connectivity index (χ1n) is 6.20. The fourth-order valence-electron chi connectivity index (χ4n) is 1.56. The molecule has 11 heteroatoms. The van der Waals surface area contributed by atoms with Crippen molar-refractivity contribution in [2.45, 2.75) is 11.1 Å². The zero-order valence-corrected chi connectivity index (χ0v) is 13.2. The lowest BCUT2D eigenvalue weighted by Crippen LogP contribution is -2.29. The van der Waals surface area contributed by atoms with E-state index in [0.717, 1.165) is 18.3 Å². The predicted octanol–water partition coefficient (Wildman–Crippen LogP) is 3.04. The first-order valence-corrected chi connectivity index (χ1v) is 8.07. The Bertz CT molecular complexity index is 838. The largest absolute Gasteiger partial charge is 0.471 e. The van der Waals surface area contributed by atoms with Gasteiger partial charge in [0.25, 0.3) is 10.0 Å². The maximum Gasteiger partial charge on any atom is 0.471 e. The third kappa shape index (κ3) is 4.59. The van der Waals surface area contributed by atoms with Crippen LogP contribution in [-0.4, -0.2) is 25.5 Å². The highest BCUT2D eigenvalue weighted by molar-refractivity contribution is 7.92. The van der Waals surface area contributed by atoms with Crippen molar-refractivity contribution >= 4 is 38.9 Å². The summed E-state index contributed by atoms with van der Waals surface area (Å²) in [6.45, 7) is 0. The summed E-state index contributed by atoms with van der Waals surface area (Å²) in [5, 5.41) is 1.77. The molecule has 1 heterocycles. The second-order valence-corrected chi connectivity index (χ2v) is 6.52.